The van der Waals surface area contributed by atoms with Crippen LogP contribution in [0.3, 0.4) is 0 Å². The van der Waals surface area contributed by atoms with Crippen LogP contribution in [0.1, 0.15) is 26.5 Å². The maximum Gasteiger partial charge on any atom is 0.274 e. The third-order valence-electron chi connectivity index (χ3n) is 3.13. The van der Waals surface area contributed by atoms with Crippen molar-refractivity contribution in [2.75, 3.05) is 5.32 Å². The minimum Gasteiger partial charge on any atom is -0.347 e. The van der Waals surface area contributed by atoms with Crippen LogP contribution in [0.4, 0.5) is 5.69 Å². The molecule has 0 saturated heterocycles. The van der Waals surface area contributed by atoms with Gasteiger partial charge < -0.3 is 10.6 Å². The summed E-state index contributed by atoms with van der Waals surface area (Å²) in [5.41, 5.74) is 2.12. The molecule has 0 unspecified atom stereocenters. The van der Waals surface area contributed by atoms with Gasteiger partial charge in [-0.25, -0.2) is 0 Å². The summed E-state index contributed by atoms with van der Waals surface area (Å²) in [6, 6.07) is 12.4. The van der Waals surface area contributed by atoms with Crippen LogP contribution >= 0.6 is 11.5 Å². The molecule has 24 heavy (non-hydrogen) atoms. The Bertz CT molecular complexity index is 837. The normalized spacial score (nSPS) is 10.2. The molecule has 0 saturated carbocycles. The van der Waals surface area contributed by atoms with Crippen LogP contribution in [0.15, 0.2) is 54.0 Å². The summed E-state index contributed by atoms with van der Waals surface area (Å²) < 4.78 is 3.65. The number of hydrogen-bond donors (Lipinski definition) is 2. The summed E-state index contributed by atoms with van der Waals surface area (Å²) in [5.74, 6) is -0.572. The van der Waals surface area contributed by atoms with Gasteiger partial charge in [-0.2, -0.15) is 0 Å². The molecule has 0 aliphatic heterocycles. The van der Waals surface area contributed by atoms with E-state index in [1.165, 1.54) is 0 Å². The first-order valence-electron chi connectivity index (χ1n) is 7.09. The first-order chi connectivity index (χ1) is 11.7. The monoisotopic (exact) mass is 339 g/mol. The van der Waals surface area contributed by atoms with E-state index in [0.29, 0.717) is 23.6 Å². The fraction of sp³-hybridized carbons (Fsp3) is 0.0625. The van der Waals surface area contributed by atoms with Gasteiger partial charge in [0.15, 0.2) is 5.69 Å². The molecule has 7 nitrogen and oxygen atoms in total. The number of amides is 2. The Morgan fingerprint density at radius 2 is 1.96 bits per heavy atom. The van der Waals surface area contributed by atoms with E-state index in [0.717, 1.165) is 17.1 Å². The van der Waals surface area contributed by atoms with Gasteiger partial charge in [-0.1, -0.05) is 22.7 Å². The first-order valence-corrected chi connectivity index (χ1v) is 7.92. The van der Waals surface area contributed by atoms with Gasteiger partial charge in [-0.3, -0.25) is 14.6 Å². The number of aromatic nitrogens is 3. The van der Waals surface area contributed by atoms with Crippen molar-refractivity contribution in [1.29, 1.82) is 0 Å². The molecule has 0 fully saturated rings. The van der Waals surface area contributed by atoms with Crippen LogP contribution in [0.5, 0.6) is 0 Å². The van der Waals surface area contributed by atoms with Crippen LogP contribution in [-0.2, 0) is 6.54 Å². The van der Waals surface area contributed by atoms with Crippen molar-refractivity contribution in [1.82, 2.24) is 19.9 Å². The number of benzene rings is 1. The van der Waals surface area contributed by atoms with Gasteiger partial charge in [0, 0.05) is 23.8 Å². The smallest absolute Gasteiger partial charge is 0.274 e. The zero-order valence-electron chi connectivity index (χ0n) is 12.5. The first kappa shape index (κ1) is 15.8. The second kappa shape index (κ2) is 7.42. The highest BCUT2D eigenvalue weighted by atomic mass is 32.1. The molecule has 8 heteroatoms. The molecule has 0 spiro atoms. The van der Waals surface area contributed by atoms with E-state index in [9.17, 15) is 9.59 Å². The zero-order valence-corrected chi connectivity index (χ0v) is 13.3. The third kappa shape index (κ3) is 3.99. The summed E-state index contributed by atoms with van der Waals surface area (Å²) >= 11 is 1.12. The molecule has 2 heterocycles. The van der Waals surface area contributed by atoms with Crippen LogP contribution < -0.4 is 10.6 Å². The largest absolute Gasteiger partial charge is 0.347 e. The molecular weight excluding hydrogens is 326 g/mol. The van der Waals surface area contributed by atoms with E-state index in [1.54, 1.807) is 48.0 Å². The Kier molecular flexibility index (Phi) is 4.87. The number of rotatable bonds is 5. The molecule has 0 aliphatic carbocycles. The summed E-state index contributed by atoms with van der Waals surface area (Å²) in [6.45, 7) is 0.323. The molecule has 120 valence electrons. The van der Waals surface area contributed by atoms with E-state index >= 15 is 0 Å². The lowest BCUT2D eigenvalue weighted by Gasteiger charge is -2.08. The highest BCUT2D eigenvalue weighted by molar-refractivity contribution is 7.03. The molecular formula is C16H13N5O2S. The van der Waals surface area contributed by atoms with Crippen molar-refractivity contribution < 1.29 is 9.59 Å². The van der Waals surface area contributed by atoms with Gasteiger partial charge in [0.1, 0.15) is 5.69 Å². The SMILES string of the molecule is O=C(NCc1cccc(NC(=O)c2ccccn2)c1)c1csnn1. The summed E-state index contributed by atoms with van der Waals surface area (Å²) in [4.78, 5) is 27.9. The quantitative estimate of drug-likeness (QED) is 0.742. The van der Waals surface area contributed by atoms with Gasteiger partial charge in [-0.15, -0.1) is 5.10 Å². The number of nitrogens with zero attached hydrogens (tertiary/aromatic N) is 3. The maximum absolute atomic E-state index is 12.1. The van der Waals surface area contributed by atoms with E-state index < -0.39 is 0 Å². The van der Waals surface area contributed by atoms with Gasteiger partial charge in [0.05, 0.1) is 0 Å². The van der Waals surface area contributed by atoms with Gasteiger partial charge in [0.25, 0.3) is 11.8 Å². The molecule has 3 rings (SSSR count). The zero-order chi connectivity index (χ0) is 16.8. The second-order valence-corrected chi connectivity index (χ2v) is 5.45. The fourth-order valence-corrected chi connectivity index (χ4v) is 2.42. The average molecular weight is 339 g/mol. The number of carbonyl (C=O) groups is 2. The summed E-state index contributed by atoms with van der Waals surface area (Å²) in [7, 11) is 0. The van der Waals surface area contributed by atoms with Gasteiger partial charge >= 0.3 is 0 Å². The lowest BCUT2D eigenvalue weighted by atomic mass is 10.2. The number of pyridine rings is 1. The fourth-order valence-electron chi connectivity index (χ4n) is 1.99. The van der Waals surface area contributed by atoms with E-state index in [1.807, 2.05) is 6.07 Å². The topological polar surface area (TPSA) is 96.9 Å². The van der Waals surface area contributed by atoms with Gasteiger partial charge in [-0.05, 0) is 41.4 Å². The van der Waals surface area contributed by atoms with Crippen molar-refractivity contribution in [3.63, 3.8) is 0 Å². The van der Waals surface area contributed by atoms with E-state index in [-0.39, 0.29) is 11.8 Å². The van der Waals surface area contributed by atoms with Crippen LogP contribution in [0.2, 0.25) is 0 Å². The highest BCUT2D eigenvalue weighted by Crippen LogP contribution is 2.12. The molecule has 2 amide bonds. The maximum atomic E-state index is 12.1. The van der Waals surface area contributed by atoms with Crippen LogP contribution in [0, 0.1) is 0 Å². The van der Waals surface area contributed by atoms with Crippen molar-refractivity contribution in [2.45, 2.75) is 6.54 Å². The lowest BCUT2D eigenvalue weighted by molar-refractivity contribution is 0.0945. The van der Waals surface area contributed by atoms with Crippen molar-refractivity contribution in [2.24, 2.45) is 0 Å². The van der Waals surface area contributed by atoms with Crippen molar-refractivity contribution in [3.8, 4) is 0 Å². The lowest BCUT2D eigenvalue weighted by Crippen LogP contribution is -2.23. The molecule has 0 aliphatic rings. The summed E-state index contributed by atoms with van der Waals surface area (Å²) in [6.07, 6.45) is 1.56. The summed E-state index contributed by atoms with van der Waals surface area (Å²) in [5, 5.41) is 10.8. The number of nitrogens with one attached hydrogen (secondary N) is 2. The standard InChI is InChI=1S/C16H13N5O2S/c22-15(14-10-24-21-20-14)18-9-11-4-3-5-12(8-11)19-16(23)13-6-1-2-7-17-13/h1-8,10H,9H2,(H,18,22)(H,19,23). The molecule has 3 aromatic rings. The molecule has 0 atom stereocenters. The average Bonchev–Trinajstić information content (AvgIpc) is 3.15. The Morgan fingerprint density at radius 3 is 2.71 bits per heavy atom. The Hall–Kier alpha value is -3.13. The molecule has 2 aromatic heterocycles. The Morgan fingerprint density at radius 1 is 1.04 bits per heavy atom. The third-order valence-corrected chi connectivity index (χ3v) is 3.63. The predicted molar refractivity (Wildman–Crippen MR) is 89.7 cm³/mol. The molecule has 2 N–H and O–H groups in total. The van der Waals surface area contributed by atoms with Gasteiger partial charge in [0.2, 0.25) is 0 Å². The Balaban J connectivity index is 1.62. The predicted octanol–water partition coefficient (Wildman–Crippen LogP) is 2.12. The second-order valence-electron chi connectivity index (χ2n) is 4.84. The highest BCUT2D eigenvalue weighted by Gasteiger charge is 2.09. The van der Waals surface area contributed by atoms with Crippen LogP contribution in [-0.4, -0.2) is 26.4 Å². The number of carbonyl (C=O) groups excluding carboxylic acids is 2. The molecule has 0 bridgehead atoms. The number of anilines is 1. The van der Waals surface area contributed by atoms with Crippen molar-refractivity contribution in [3.05, 3.63) is 71.0 Å². The minimum absolute atomic E-state index is 0.285. The van der Waals surface area contributed by atoms with E-state index in [4.69, 9.17) is 0 Å². The Labute approximate surface area is 141 Å². The van der Waals surface area contributed by atoms with E-state index in [2.05, 4.69) is 25.2 Å². The molecule has 0 radical (unpaired) electrons. The van der Waals surface area contributed by atoms with Crippen LogP contribution in [0.25, 0.3) is 0 Å². The number of hydrogen-bond acceptors (Lipinski definition) is 6. The van der Waals surface area contributed by atoms with Crippen molar-refractivity contribution >= 4 is 29.0 Å². The molecule has 1 aromatic carbocycles. The minimum atomic E-state index is -0.287.